The molecular weight excluding hydrogens is 372 g/mol. The van der Waals surface area contributed by atoms with Gasteiger partial charge in [0.25, 0.3) is 17.7 Å². The third-order valence-corrected chi connectivity index (χ3v) is 4.47. The van der Waals surface area contributed by atoms with E-state index >= 15 is 0 Å². The number of hydrogen-bond acceptors (Lipinski definition) is 5. The molecule has 2 aromatic carbocycles. The number of ether oxygens (including phenoxy) is 1. The maximum absolute atomic E-state index is 12.5. The van der Waals surface area contributed by atoms with Crippen LogP contribution in [0.3, 0.4) is 0 Å². The lowest BCUT2D eigenvalue weighted by Crippen LogP contribution is -2.30. The van der Waals surface area contributed by atoms with E-state index in [0.717, 1.165) is 0 Å². The van der Waals surface area contributed by atoms with Crippen LogP contribution in [-0.2, 0) is 4.79 Å². The first-order valence-electron chi connectivity index (χ1n) is 8.76. The summed E-state index contributed by atoms with van der Waals surface area (Å²) in [5.74, 6) is -0.217. The van der Waals surface area contributed by atoms with Crippen molar-refractivity contribution in [3.63, 3.8) is 0 Å². The molecule has 0 atom stereocenters. The smallest absolute Gasteiger partial charge is 0.258 e. The minimum absolute atomic E-state index is 0.255. The van der Waals surface area contributed by atoms with E-state index in [2.05, 4.69) is 10.6 Å². The number of carbonyl (C=O) groups is 3. The highest BCUT2D eigenvalue weighted by molar-refractivity contribution is 6.35. The van der Waals surface area contributed by atoms with Crippen LogP contribution in [0.1, 0.15) is 32.0 Å². The van der Waals surface area contributed by atoms with Gasteiger partial charge in [-0.2, -0.15) is 0 Å². The molecule has 1 aliphatic heterocycles. The second-order valence-corrected chi connectivity index (χ2v) is 6.30. The maximum atomic E-state index is 12.5. The van der Waals surface area contributed by atoms with Gasteiger partial charge in [-0.25, -0.2) is 0 Å². The Balaban J connectivity index is 1.53. The van der Waals surface area contributed by atoms with Gasteiger partial charge < -0.3 is 14.5 Å². The predicted molar refractivity (Wildman–Crippen MR) is 106 cm³/mol. The quantitative estimate of drug-likeness (QED) is 0.528. The van der Waals surface area contributed by atoms with Crippen molar-refractivity contribution in [2.24, 2.45) is 0 Å². The lowest BCUT2D eigenvalue weighted by atomic mass is 10.0. The summed E-state index contributed by atoms with van der Waals surface area (Å²) in [6, 6.07) is 14.6. The minimum Gasteiger partial charge on any atom is -0.497 e. The molecule has 0 fully saturated rings. The fraction of sp³-hybridized carbons (Fsp3) is 0.0455. The molecule has 0 bridgehead atoms. The summed E-state index contributed by atoms with van der Waals surface area (Å²) in [5.41, 5.74) is 2.18. The first-order chi connectivity index (χ1) is 14.0. The highest BCUT2D eigenvalue weighted by Gasteiger charge is 2.25. The molecule has 3 amide bonds. The topological polar surface area (TPSA) is 97.6 Å². The van der Waals surface area contributed by atoms with Crippen LogP contribution in [0.4, 0.5) is 5.69 Å². The number of imide groups is 1. The number of rotatable bonds is 4. The van der Waals surface area contributed by atoms with Gasteiger partial charge in [0, 0.05) is 22.4 Å². The van der Waals surface area contributed by atoms with Crippen LogP contribution in [0, 0.1) is 0 Å². The average molecular weight is 388 g/mol. The van der Waals surface area contributed by atoms with Crippen LogP contribution in [-0.4, -0.2) is 24.8 Å². The number of carbonyl (C=O) groups excluding carboxylic acids is 3. The van der Waals surface area contributed by atoms with Crippen LogP contribution >= 0.6 is 0 Å². The van der Waals surface area contributed by atoms with Crippen molar-refractivity contribution in [2.45, 2.75) is 0 Å². The van der Waals surface area contributed by atoms with E-state index in [1.165, 1.54) is 19.4 Å². The Morgan fingerprint density at radius 1 is 1.03 bits per heavy atom. The number of benzene rings is 2. The molecule has 7 nitrogen and oxygen atoms in total. The van der Waals surface area contributed by atoms with Gasteiger partial charge in [0.1, 0.15) is 11.5 Å². The summed E-state index contributed by atoms with van der Waals surface area (Å²) in [4.78, 5) is 37.0. The van der Waals surface area contributed by atoms with Gasteiger partial charge in [-0.15, -0.1) is 0 Å². The number of fused-ring (bicyclic) bond motifs is 1. The Kier molecular flexibility index (Phi) is 4.70. The van der Waals surface area contributed by atoms with Crippen molar-refractivity contribution < 1.29 is 23.5 Å². The van der Waals surface area contributed by atoms with Crippen molar-refractivity contribution >= 4 is 35.1 Å². The molecule has 144 valence electrons. The monoisotopic (exact) mass is 388 g/mol. The Morgan fingerprint density at radius 2 is 1.76 bits per heavy atom. The number of furan rings is 1. The molecule has 0 saturated heterocycles. The molecule has 1 aromatic heterocycles. The second-order valence-electron chi connectivity index (χ2n) is 6.30. The van der Waals surface area contributed by atoms with Gasteiger partial charge >= 0.3 is 0 Å². The number of amides is 3. The summed E-state index contributed by atoms with van der Waals surface area (Å²) < 4.78 is 10.3. The van der Waals surface area contributed by atoms with Crippen molar-refractivity contribution in [1.82, 2.24) is 5.32 Å². The summed E-state index contributed by atoms with van der Waals surface area (Å²) in [7, 11) is 1.53. The standard InChI is InChI=1S/C22H16N2O5/c1-28-15-7-4-13(5-8-15)20(25)24-21(26)14-6-9-17-18(12-16-3-2-10-29-16)22(27)23-19(17)11-14/h2-12H,1H3,(H,23,27)(H,24,25,26). The van der Waals surface area contributed by atoms with Crippen molar-refractivity contribution in [3.8, 4) is 5.75 Å². The number of anilines is 1. The van der Waals surface area contributed by atoms with E-state index < -0.39 is 11.8 Å². The molecule has 2 heterocycles. The minimum atomic E-state index is -0.564. The van der Waals surface area contributed by atoms with Crippen LogP contribution in [0.5, 0.6) is 5.75 Å². The molecule has 0 aliphatic carbocycles. The van der Waals surface area contributed by atoms with E-state index in [1.54, 1.807) is 54.6 Å². The van der Waals surface area contributed by atoms with E-state index in [1.807, 2.05) is 0 Å². The largest absolute Gasteiger partial charge is 0.497 e. The van der Waals surface area contributed by atoms with Crippen molar-refractivity contribution in [2.75, 3.05) is 12.4 Å². The van der Waals surface area contributed by atoms with Gasteiger partial charge in [0.2, 0.25) is 0 Å². The molecule has 4 rings (SSSR count). The Hall–Kier alpha value is -4.13. The SMILES string of the molecule is COc1ccc(C(=O)NC(=O)c2ccc3c(c2)NC(=O)C3=Cc2ccco2)cc1. The lowest BCUT2D eigenvalue weighted by molar-refractivity contribution is -0.110. The van der Waals surface area contributed by atoms with Crippen LogP contribution in [0.2, 0.25) is 0 Å². The van der Waals surface area contributed by atoms with E-state index in [-0.39, 0.29) is 11.5 Å². The molecule has 3 aromatic rings. The first-order valence-corrected chi connectivity index (χ1v) is 8.76. The van der Waals surface area contributed by atoms with Crippen LogP contribution in [0.15, 0.2) is 65.3 Å². The van der Waals surface area contributed by atoms with Crippen LogP contribution in [0.25, 0.3) is 11.6 Å². The summed E-state index contributed by atoms with van der Waals surface area (Å²) in [5, 5.41) is 5.06. The fourth-order valence-electron chi connectivity index (χ4n) is 2.98. The molecule has 1 aliphatic rings. The average Bonchev–Trinajstić information content (AvgIpc) is 3.35. The Labute approximate surface area is 166 Å². The van der Waals surface area contributed by atoms with Gasteiger partial charge in [0.05, 0.1) is 18.9 Å². The van der Waals surface area contributed by atoms with Crippen LogP contribution < -0.4 is 15.4 Å². The summed E-state index contributed by atoms with van der Waals surface area (Å²) >= 11 is 0. The zero-order valence-electron chi connectivity index (χ0n) is 15.4. The Morgan fingerprint density at radius 3 is 2.45 bits per heavy atom. The summed E-state index contributed by atoms with van der Waals surface area (Å²) in [6.07, 6.45) is 3.15. The molecule has 0 unspecified atom stereocenters. The van der Waals surface area contributed by atoms with Gasteiger partial charge in [-0.05, 0) is 54.6 Å². The van der Waals surface area contributed by atoms with Crippen molar-refractivity contribution in [3.05, 3.63) is 83.3 Å². The zero-order valence-corrected chi connectivity index (χ0v) is 15.4. The number of nitrogens with one attached hydrogen (secondary N) is 2. The third kappa shape index (κ3) is 3.66. The second kappa shape index (κ2) is 7.47. The molecule has 0 saturated carbocycles. The summed E-state index contributed by atoms with van der Waals surface area (Å²) in [6.45, 7) is 0. The maximum Gasteiger partial charge on any atom is 0.258 e. The predicted octanol–water partition coefficient (Wildman–Crippen LogP) is 3.35. The molecule has 29 heavy (non-hydrogen) atoms. The van der Waals surface area contributed by atoms with Gasteiger partial charge in [-0.1, -0.05) is 6.07 Å². The first kappa shape index (κ1) is 18.2. The molecule has 7 heteroatoms. The third-order valence-electron chi connectivity index (χ3n) is 4.47. The van der Waals surface area contributed by atoms with Crippen molar-refractivity contribution in [1.29, 1.82) is 0 Å². The van der Waals surface area contributed by atoms with Gasteiger partial charge in [0.15, 0.2) is 0 Å². The van der Waals surface area contributed by atoms with E-state index in [9.17, 15) is 14.4 Å². The molecular formula is C22H16N2O5. The molecule has 2 N–H and O–H groups in total. The van der Waals surface area contributed by atoms with E-state index in [4.69, 9.17) is 9.15 Å². The highest BCUT2D eigenvalue weighted by Crippen LogP contribution is 2.33. The Bertz CT molecular complexity index is 1130. The normalized spacial score (nSPS) is 13.7. The highest BCUT2D eigenvalue weighted by atomic mass is 16.5. The fourth-order valence-corrected chi connectivity index (χ4v) is 2.98. The van der Waals surface area contributed by atoms with Gasteiger partial charge in [-0.3, -0.25) is 19.7 Å². The lowest BCUT2D eigenvalue weighted by Gasteiger charge is -2.07. The number of hydrogen-bond donors (Lipinski definition) is 2. The molecule has 0 spiro atoms. The zero-order chi connectivity index (χ0) is 20.4. The number of methoxy groups -OCH3 is 1. The molecule has 0 radical (unpaired) electrons. The van der Waals surface area contributed by atoms with E-state index in [0.29, 0.717) is 33.9 Å².